The van der Waals surface area contributed by atoms with Crippen LogP contribution in [0, 0.1) is 0 Å². The van der Waals surface area contributed by atoms with Gasteiger partial charge in [-0.15, -0.1) is 11.8 Å². The van der Waals surface area contributed by atoms with Crippen LogP contribution >= 0.6 is 11.8 Å². The van der Waals surface area contributed by atoms with Crippen molar-refractivity contribution in [1.29, 1.82) is 0 Å². The number of esters is 1. The van der Waals surface area contributed by atoms with Gasteiger partial charge in [0.15, 0.2) is 0 Å². The smallest absolute Gasteiger partial charge is 0.410 e. The van der Waals surface area contributed by atoms with E-state index >= 15 is 0 Å². The van der Waals surface area contributed by atoms with Crippen molar-refractivity contribution in [3.63, 3.8) is 0 Å². The minimum atomic E-state index is -0.544. The monoisotopic (exact) mass is 382 g/mol. The molecule has 1 aromatic rings. The molecule has 0 bridgehead atoms. The summed E-state index contributed by atoms with van der Waals surface area (Å²) in [7, 11) is 1.33. The van der Waals surface area contributed by atoms with Gasteiger partial charge < -0.3 is 19.1 Å². The lowest BCUT2D eigenvalue weighted by Crippen LogP contribution is -2.46. The molecule has 0 N–H and O–H groups in total. The number of ether oxygens (including phenoxy) is 3. The topological polar surface area (TPSA) is 78.0 Å². The lowest BCUT2D eigenvalue weighted by molar-refractivity contribution is 0.00682. The molecule has 0 aliphatic carbocycles. The van der Waals surface area contributed by atoms with E-state index in [4.69, 9.17) is 14.2 Å². The maximum absolute atomic E-state index is 12.3. The van der Waals surface area contributed by atoms with Crippen LogP contribution in [-0.2, 0) is 9.47 Å². The fourth-order valence-corrected chi connectivity index (χ4v) is 3.23. The number of carbonyl (C=O) groups is 2. The van der Waals surface area contributed by atoms with Crippen LogP contribution in [0.4, 0.5) is 4.79 Å². The Morgan fingerprint density at radius 1 is 1.35 bits per heavy atom. The summed E-state index contributed by atoms with van der Waals surface area (Å²) in [6.07, 6.45) is 4.41. The highest BCUT2D eigenvalue weighted by Crippen LogP contribution is 2.29. The number of likely N-dealkylation sites (tertiary alicyclic amines) is 1. The molecule has 7 nitrogen and oxygen atoms in total. The quantitative estimate of drug-likeness (QED) is 0.583. The Bertz CT molecular complexity index is 659. The molecule has 0 saturated carbocycles. The average Bonchev–Trinajstić information content (AvgIpc) is 2.59. The third-order valence-electron chi connectivity index (χ3n) is 3.80. The van der Waals surface area contributed by atoms with Crippen molar-refractivity contribution in [2.75, 3.05) is 26.5 Å². The van der Waals surface area contributed by atoms with Crippen molar-refractivity contribution in [1.82, 2.24) is 9.88 Å². The van der Waals surface area contributed by atoms with Crippen molar-refractivity contribution in [3.05, 3.63) is 17.8 Å². The summed E-state index contributed by atoms with van der Waals surface area (Å²) >= 11 is 1.42. The first-order chi connectivity index (χ1) is 12.2. The zero-order valence-electron chi connectivity index (χ0n) is 15.9. The largest absolute Gasteiger partial charge is 0.472 e. The van der Waals surface area contributed by atoms with Crippen molar-refractivity contribution in [3.8, 4) is 5.88 Å². The zero-order chi connectivity index (χ0) is 19.3. The van der Waals surface area contributed by atoms with Crippen LogP contribution in [-0.4, -0.2) is 60.1 Å². The summed E-state index contributed by atoms with van der Waals surface area (Å²) in [6.45, 7) is 6.52. The number of piperidine rings is 1. The molecule has 0 spiro atoms. The van der Waals surface area contributed by atoms with E-state index in [0.29, 0.717) is 18.7 Å². The number of amides is 1. The minimum absolute atomic E-state index is 0.236. The molecule has 144 valence electrons. The summed E-state index contributed by atoms with van der Waals surface area (Å²) in [5.41, 5.74) is -0.228. The van der Waals surface area contributed by atoms with E-state index in [9.17, 15) is 9.59 Å². The van der Waals surface area contributed by atoms with Gasteiger partial charge in [-0.05, 0) is 45.9 Å². The summed E-state index contributed by atoms with van der Waals surface area (Å²) in [4.78, 5) is 31.0. The number of aromatic nitrogens is 1. The third-order valence-corrected chi connectivity index (χ3v) is 4.58. The van der Waals surface area contributed by atoms with Crippen LogP contribution in [0.3, 0.4) is 0 Å². The van der Waals surface area contributed by atoms with Crippen molar-refractivity contribution in [2.24, 2.45) is 0 Å². The standard InChI is InChI=1S/C18H26N2O5S/c1-18(2,3)25-17(22)20-10-6-7-12(11-20)24-15-14(16(21)23-4)13(26-5)8-9-19-15/h8-9,12H,6-7,10-11H2,1-5H3/t12-/m1/s1. The lowest BCUT2D eigenvalue weighted by atomic mass is 10.1. The van der Waals surface area contributed by atoms with E-state index in [2.05, 4.69) is 4.98 Å². The summed E-state index contributed by atoms with van der Waals surface area (Å²) in [5, 5.41) is 0. The lowest BCUT2D eigenvalue weighted by Gasteiger charge is -2.34. The van der Waals surface area contributed by atoms with E-state index in [-0.39, 0.29) is 18.1 Å². The normalized spacial score (nSPS) is 17.6. The molecule has 2 heterocycles. The summed E-state index contributed by atoms with van der Waals surface area (Å²) < 4.78 is 16.3. The SMILES string of the molecule is COC(=O)c1c(SC)ccnc1O[C@@H]1CCCN(C(=O)OC(C)(C)C)C1. The van der Waals surface area contributed by atoms with Crippen molar-refractivity contribution >= 4 is 23.8 Å². The molecule has 0 unspecified atom stereocenters. The number of rotatable bonds is 4. The molecule has 1 aliphatic heterocycles. The number of pyridine rings is 1. The Morgan fingerprint density at radius 3 is 2.69 bits per heavy atom. The van der Waals surface area contributed by atoms with Gasteiger partial charge in [-0.3, -0.25) is 0 Å². The number of hydrogen-bond acceptors (Lipinski definition) is 7. The zero-order valence-corrected chi connectivity index (χ0v) is 16.7. The van der Waals surface area contributed by atoms with Gasteiger partial charge in [-0.25, -0.2) is 14.6 Å². The van der Waals surface area contributed by atoms with E-state index in [1.54, 1.807) is 17.2 Å². The van der Waals surface area contributed by atoms with E-state index in [0.717, 1.165) is 17.7 Å². The Balaban J connectivity index is 2.13. The van der Waals surface area contributed by atoms with Gasteiger partial charge in [0, 0.05) is 17.6 Å². The number of hydrogen-bond donors (Lipinski definition) is 0. The molecule has 0 radical (unpaired) electrons. The molecule has 1 atom stereocenters. The first kappa shape index (κ1) is 20.4. The first-order valence-electron chi connectivity index (χ1n) is 8.51. The highest BCUT2D eigenvalue weighted by atomic mass is 32.2. The van der Waals surface area contributed by atoms with E-state index in [1.807, 2.05) is 27.0 Å². The second-order valence-corrected chi connectivity index (χ2v) is 7.84. The molecule has 0 aromatic carbocycles. The maximum atomic E-state index is 12.3. The van der Waals surface area contributed by atoms with Gasteiger partial charge in [-0.2, -0.15) is 0 Å². The van der Waals surface area contributed by atoms with Gasteiger partial charge >= 0.3 is 12.1 Å². The fourth-order valence-electron chi connectivity index (χ4n) is 2.66. The van der Waals surface area contributed by atoms with Gasteiger partial charge in [0.25, 0.3) is 0 Å². The second kappa shape index (κ2) is 8.62. The molecule has 2 rings (SSSR count). The molecule has 1 saturated heterocycles. The number of methoxy groups -OCH3 is 1. The van der Waals surface area contributed by atoms with Crippen molar-refractivity contribution < 1.29 is 23.8 Å². The molecule has 1 amide bonds. The fraction of sp³-hybridized carbons (Fsp3) is 0.611. The van der Waals surface area contributed by atoms with Crippen LogP contribution in [0.2, 0.25) is 0 Å². The maximum Gasteiger partial charge on any atom is 0.410 e. The van der Waals surface area contributed by atoms with Crippen LogP contribution in [0.1, 0.15) is 44.0 Å². The van der Waals surface area contributed by atoms with Crippen LogP contribution in [0.15, 0.2) is 17.2 Å². The van der Waals surface area contributed by atoms with Gasteiger partial charge in [0.1, 0.15) is 17.3 Å². The van der Waals surface area contributed by atoms with E-state index < -0.39 is 11.6 Å². The molecular weight excluding hydrogens is 356 g/mol. The molecule has 1 fully saturated rings. The predicted octanol–water partition coefficient (Wildman–Crippen LogP) is 3.37. The van der Waals surface area contributed by atoms with Gasteiger partial charge in [0.2, 0.25) is 5.88 Å². The summed E-state index contributed by atoms with van der Waals surface area (Å²) in [5.74, 6) is -0.253. The molecular formula is C18H26N2O5S. The Kier molecular flexibility index (Phi) is 6.75. The van der Waals surface area contributed by atoms with Gasteiger partial charge in [-0.1, -0.05) is 0 Å². The number of nitrogens with zero attached hydrogens (tertiary/aromatic N) is 2. The van der Waals surface area contributed by atoms with Gasteiger partial charge in [0.05, 0.1) is 13.7 Å². The highest BCUT2D eigenvalue weighted by Gasteiger charge is 2.30. The molecule has 1 aliphatic rings. The Labute approximate surface area is 158 Å². The third kappa shape index (κ3) is 5.27. The minimum Gasteiger partial charge on any atom is -0.472 e. The number of carbonyl (C=O) groups excluding carboxylic acids is 2. The Hall–Kier alpha value is -1.96. The Morgan fingerprint density at radius 2 is 2.08 bits per heavy atom. The first-order valence-corrected chi connectivity index (χ1v) is 9.73. The van der Waals surface area contributed by atoms with E-state index in [1.165, 1.54) is 18.9 Å². The number of thioether (sulfide) groups is 1. The second-order valence-electron chi connectivity index (χ2n) is 6.99. The molecule has 8 heteroatoms. The van der Waals surface area contributed by atoms with Crippen LogP contribution < -0.4 is 4.74 Å². The van der Waals surface area contributed by atoms with Crippen LogP contribution in [0.5, 0.6) is 5.88 Å². The average molecular weight is 382 g/mol. The van der Waals surface area contributed by atoms with Crippen LogP contribution in [0.25, 0.3) is 0 Å². The highest BCUT2D eigenvalue weighted by molar-refractivity contribution is 7.98. The van der Waals surface area contributed by atoms with Crippen molar-refractivity contribution in [2.45, 2.75) is 50.2 Å². The predicted molar refractivity (Wildman–Crippen MR) is 98.8 cm³/mol. The summed E-state index contributed by atoms with van der Waals surface area (Å²) in [6, 6.07) is 1.75. The molecule has 1 aromatic heterocycles. The molecule has 26 heavy (non-hydrogen) atoms.